The number of nitrogens with one attached hydrogen (secondary N) is 1. The maximum Gasteiger partial charge on any atom is 0.229 e. The number of anilines is 1. The molecule has 1 amide bonds. The van der Waals surface area contributed by atoms with E-state index in [1.165, 1.54) is 0 Å². The Hall–Kier alpha value is -0.940. The van der Waals surface area contributed by atoms with E-state index in [1.807, 2.05) is 26.8 Å². The Kier molecular flexibility index (Phi) is 5.08. The molecule has 1 atom stereocenters. The third kappa shape index (κ3) is 3.78. The van der Waals surface area contributed by atoms with Crippen LogP contribution in [0.25, 0.3) is 0 Å². The van der Waals surface area contributed by atoms with Gasteiger partial charge in [-0.25, -0.2) is 4.98 Å². The van der Waals surface area contributed by atoms with E-state index in [-0.39, 0.29) is 17.7 Å². The zero-order valence-electron chi connectivity index (χ0n) is 10.3. The SMILES string of the molecule is Cc1nc(Br)ccc1NC(=O)C(CN)C(C)C. The first-order valence-corrected chi connectivity index (χ1v) is 6.39. The minimum Gasteiger partial charge on any atom is -0.330 e. The summed E-state index contributed by atoms with van der Waals surface area (Å²) in [5.41, 5.74) is 7.12. The number of pyridine rings is 1. The van der Waals surface area contributed by atoms with Gasteiger partial charge in [0.1, 0.15) is 4.60 Å². The molecule has 0 fully saturated rings. The molecule has 0 saturated heterocycles. The Morgan fingerprint density at radius 2 is 2.18 bits per heavy atom. The van der Waals surface area contributed by atoms with E-state index in [0.29, 0.717) is 6.54 Å². The molecule has 0 aliphatic carbocycles. The van der Waals surface area contributed by atoms with Crippen LogP contribution in [0.1, 0.15) is 19.5 Å². The molecule has 0 saturated carbocycles. The summed E-state index contributed by atoms with van der Waals surface area (Å²) < 4.78 is 0.757. The molecule has 0 aliphatic rings. The maximum absolute atomic E-state index is 12.0. The second-order valence-electron chi connectivity index (χ2n) is 4.34. The lowest BCUT2D eigenvalue weighted by Crippen LogP contribution is -2.33. The smallest absolute Gasteiger partial charge is 0.229 e. The average molecular weight is 300 g/mol. The van der Waals surface area contributed by atoms with Crippen LogP contribution in [-0.4, -0.2) is 17.4 Å². The van der Waals surface area contributed by atoms with Crippen LogP contribution in [0.5, 0.6) is 0 Å². The number of halogens is 1. The van der Waals surface area contributed by atoms with E-state index >= 15 is 0 Å². The molecule has 1 aromatic rings. The molecule has 5 heteroatoms. The summed E-state index contributed by atoms with van der Waals surface area (Å²) in [7, 11) is 0. The number of nitrogens with zero attached hydrogens (tertiary/aromatic N) is 1. The molecule has 4 nitrogen and oxygen atoms in total. The number of nitrogens with two attached hydrogens (primary N) is 1. The normalized spacial score (nSPS) is 12.6. The monoisotopic (exact) mass is 299 g/mol. The summed E-state index contributed by atoms with van der Waals surface area (Å²) in [4.78, 5) is 16.2. The van der Waals surface area contributed by atoms with Crippen molar-refractivity contribution in [2.45, 2.75) is 20.8 Å². The van der Waals surface area contributed by atoms with Gasteiger partial charge in [0.2, 0.25) is 5.91 Å². The number of carbonyl (C=O) groups excluding carboxylic acids is 1. The van der Waals surface area contributed by atoms with Gasteiger partial charge in [-0.3, -0.25) is 4.79 Å². The number of hydrogen-bond donors (Lipinski definition) is 2. The van der Waals surface area contributed by atoms with Crippen LogP contribution in [0, 0.1) is 18.8 Å². The molecule has 1 unspecified atom stereocenters. The van der Waals surface area contributed by atoms with Gasteiger partial charge in [0.25, 0.3) is 0 Å². The highest BCUT2D eigenvalue weighted by atomic mass is 79.9. The van der Waals surface area contributed by atoms with E-state index in [9.17, 15) is 4.79 Å². The molecule has 0 spiro atoms. The molecule has 0 aliphatic heterocycles. The highest BCUT2D eigenvalue weighted by Gasteiger charge is 2.21. The summed E-state index contributed by atoms with van der Waals surface area (Å²) in [6, 6.07) is 3.63. The number of rotatable bonds is 4. The standard InChI is InChI=1S/C12H18BrN3O/c1-7(2)9(6-14)12(17)16-10-4-5-11(13)15-8(10)3/h4-5,7,9H,6,14H2,1-3H3,(H,16,17). The first-order valence-electron chi connectivity index (χ1n) is 5.59. The van der Waals surface area contributed by atoms with Gasteiger partial charge in [-0.1, -0.05) is 13.8 Å². The van der Waals surface area contributed by atoms with Gasteiger partial charge in [0.05, 0.1) is 17.3 Å². The van der Waals surface area contributed by atoms with Gasteiger partial charge in [-0.05, 0) is 40.9 Å². The van der Waals surface area contributed by atoms with Gasteiger partial charge in [0, 0.05) is 6.54 Å². The van der Waals surface area contributed by atoms with Crippen molar-refractivity contribution in [1.29, 1.82) is 0 Å². The predicted molar refractivity (Wildman–Crippen MR) is 72.7 cm³/mol. The fourth-order valence-electron chi connectivity index (χ4n) is 1.57. The lowest BCUT2D eigenvalue weighted by atomic mass is 9.95. The largest absolute Gasteiger partial charge is 0.330 e. The Labute approximate surface area is 110 Å². The third-order valence-electron chi connectivity index (χ3n) is 2.71. The zero-order chi connectivity index (χ0) is 13.0. The van der Waals surface area contributed by atoms with Gasteiger partial charge in [-0.2, -0.15) is 0 Å². The van der Waals surface area contributed by atoms with Gasteiger partial charge in [-0.15, -0.1) is 0 Å². The van der Waals surface area contributed by atoms with Crippen LogP contribution in [0.3, 0.4) is 0 Å². The van der Waals surface area contributed by atoms with Crippen molar-refractivity contribution in [3.05, 3.63) is 22.4 Å². The maximum atomic E-state index is 12.0. The number of carbonyl (C=O) groups is 1. The summed E-state index contributed by atoms with van der Waals surface area (Å²) in [6.45, 7) is 6.19. The van der Waals surface area contributed by atoms with Crippen LogP contribution < -0.4 is 11.1 Å². The zero-order valence-corrected chi connectivity index (χ0v) is 11.9. The third-order valence-corrected chi connectivity index (χ3v) is 3.15. The highest BCUT2D eigenvalue weighted by Crippen LogP contribution is 2.18. The van der Waals surface area contributed by atoms with Crippen molar-refractivity contribution < 1.29 is 4.79 Å². The molecule has 0 aromatic carbocycles. The molecule has 1 aromatic heterocycles. The van der Waals surface area contributed by atoms with E-state index in [0.717, 1.165) is 16.0 Å². The highest BCUT2D eigenvalue weighted by molar-refractivity contribution is 9.10. The van der Waals surface area contributed by atoms with Crippen molar-refractivity contribution in [2.24, 2.45) is 17.6 Å². The second-order valence-corrected chi connectivity index (χ2v) is 5.15. The topological polar surface area (TPSA) is 68.0 Å². The predicted octanol–water partition coefficient (Wildman–Crippen LogP) is 2.32. The van der Waals surface area contributed by atoms with Crippen molar-refractivity contribution in [1.82, 2.24) is 4.98 Å². The Morgan fingerprint density at radius 1 is 1.53 bits per heavy atom. The number of aromatic nitrogens is 1. The quantitative estimate of drug-likeness (QED) is 0.839. The minimum absolute atomic E-state index is 0.0466. The van der Waals surface area contributed by atoms with Gasteiger partial charge in [0.15, 0.2) is 0 Å². The van der Waals surface area contributed by atoms with E-state index < -0.39 is 0 Å². The van der Waals surface area contributed by atoms with Crippen LogP contribution in [0.4, 0.5) is 5.69 Å². The second kappa shape index (κ2) is 6.12. The first-order chi connectivity index (χ1) is 7.95. The number of aryl methyl sites for hydroxylation is 1. The van der Waals surface area contributed by atoms with Gasteiger partial charge >= 0.3 is 0 Å². The minimum atomic E-state index is -0.168. The lowest BCUT2D eigenvalue weighted by Gasteiger charge is -2.18. The summed E-state index contributed by atoms with van der Waals surface area (Å²) in [5, 5.41) is 2.87. The van der Waals surface area contributed by atoms with Gasteiger partial charge < -0.3 is 11.1 Å². The Balaban J connectivity index is 2.80. The molecule has 3 N–H and O–H groups in total. The molecule has 1 rings (SSSR count). The Bertz CT molecular complexity index is 407. The first kappa shape index (κ1) is 14.1. The summed E-state index contributed by atoms with van der Waals surface area (Å²) >= 11 is 3.28. The average Bonchev–Trinajstić information content (AvgIpc) is 2.22. The number of amides is 1. The summed E-state index contributed by atoms with van der Waals surface area (Å²) in [6.07, 6.45) is 0. The molecule has 1 heterocycles. The summed E-state index contributed by atoms with van der Waals surface area (Å²) in [5.74, 6) is 0.0106. The van der Waals surface area contributed by atoms with E-state index in [4.69, 9.17) is 5.73 Å². The fraction of sp³-hybridized carbons (Fsp3) is 0.500. The van der Waals surface area contributed by atoms with Crippen molar-refractivity contribution in [3.8, 4) is 0 Å². The molecular formula is C12H18BrN3O. The van der Waals surface area contributed by atoms with Crippen molar-refractivity contribution in [2.75, 3.05) is 11.9 Å². The molecule has 94 valence electrons. The molecular weight excluding hydrogens is 282 g/mol. The van der Waals surface area contributed by atoms with Crippen LogP contribution in [0.2, 0.25) is 0 Å². The lowest BCUT2D eigenvalue weighted by molar-refractivity contribution is -0.120. The van der Waals surface area contributed by atoms with E-state index in [1.54, 1.807) is 6.07 Å². The van der Waals surface area contributed by atoms with Crippen molar-refractivity contribution >= 4 is 27.5 Å². The molecule has 0 radical (unpaired) electrons. The Morgan fingerprint density at radius 3 is 2.65 bits per heavy atom. The number of hydrogen-bond acceptors (Lipinski definition) is 3. The van der Waals surface area contributed by atoms with E-state index in [2.05, 4.69) is 26.2 Å². The van der Waals surface area contributed by atoms with Crippen molar-refractivity contribution in [3.63, 3.8) is 0 Å². The van der Waals surface area contributed by atoms with Crippen LogP contribution >= 0.6 is 15.9 Å². The molecule has 17 heavy (non-hydrogen) atoms. The van der Waals surface area contributed by atoms with Crippen LogP contribution in [0.15, 0.2) is 16.7 Å². The van der Waals surface area contributed by atoms with Crippen LogP contribution in [-0.2, 0) is 4.79 Å². The molecule has 0 bridgehead atoms. The fourth-order valence-corrected chi connectivity index (χ4v) is 1.97.